The monoisotopic (exact) mass is 389 g/mol. The van der Waals surface area contributed by atoms with Crippen molar-refractivity contribution in [1.82, 2.24) is 0 Å². The van der Waals surface area contributed by atoms with E-state index in [1.54, 1.807) is 0 Å². The smallest absolute Gasteiger partial charge is 0.194 e. The summed E-state index contributed by atoms with van der Waals surface area (Å²) in [5, 5.41) is 0. The number of hydrogen-bond acceptors (Lipinski definition) is 4. The molecule has 2 aromatic carbocycles. The summed E-state index contributed by atoms with van der Waals surface area (Å²) in [4.78, 5) is 0. The van der Waals surface area contributed by atoms with Crippen LogP contribution in [0.4, 0.5) is 22.0 Å². The molecule has 0 amide bonds. The molecule has 9 heteroatoms. The molecule has 0 unspecified atom stereocenters. The first-order chi connectivity index (χ1) is 12.9. The summed E-state index contributed by atoms with van der Waals surface area (Å²) in [6.45, 7) is -0.0101. The van der Waals surface area contributed by atoms with Gasteiger partial charge >= 0.3 is 0 Å². The van der Waals surface area contributed by atoms with E-state index < -0.39 is 41.1 Å². The lowest BCUT2D eigenvalue weighted by atomic mass is 10.1. The van der Waals surface area contributed by atoms with Crippen molar-refractivity contribution < 1.29 is 36.2 Å². The lowest BCUT2D eigenvalue weighted by Crippen LogP contribution is -2.31. The maximum atomic E-state index is 13.9. The Kier molecular flexibility index (Phi) is 5.93. The zero-order chi connectivity index (χ0) is 19.6. The second-order valence-electron chi connectivity index (χ2n) is 6.07. The third kappa shape index (κ3) is 4.37. The lowest BCUT2D eigenvalue weighted by molar-refractivity contribution is -0.209. The van der Waals surface area contributed by atoms with Crippen LogP contribution in [0, 0.1) is 35.0 Å². The maximum absolute atomic E-state index is 13.9. The molecule has 2 aromatic rings. The highest BCUT2D eigenvalue weighted by atomic mass is 19.2. The average molecular weight is 389 g/mol. The number of rotatable bonds is 5. The highest BCUT2D eigenvalue weighted by Gasteiger charge is 2.26. The molecular formula is C18H16F5NO3. The molecule has 2 N–H and O–H groups in total. The molecule has 0 aromatic heterocycles. The van der Waals surface area contributed by atoms with E-state index in [0.717, 1.165) is 24.3 Å². The van der Waals surface area contributed by atoms with E-state index in [4.69, 9.17) is 19.9 Å². The zero-order valence-electron chi connectivity index (χ0n) is 14.0. The molecule has 1 saturated heterocycles. The first-order valence-electron chi connectivity index (χ1n) is 8.07. The van der Waals surface area contributed by atoms with Crippen molar-refractivity contribution in [2.24, 2.45) is 11.7 Å². The Bertz CT molecular complexity index is 779. The summed E-state index contributed by atoms with van der Waals surface area (Å²) in [6, 6.07) is 3.73. The van der Waals surface area contributed by atoms with Crippen LogP contribution in [0.3, 0.4) is 0 Å². The Morgan fingerprint density at radius 2 is 1.44 bits per heavy atom. The van der Waals surface area contributed by atoms with Gasteiger partial charge in [0.1, 0.15) is 0 Å². The van der Waals surface area contributed by atoms with Gasteiger partial charge in [0.2, 0.25) is 0 Å². The molecule has 0 radical (unpaired) electrons. The summed E-state index contributed by atoms with van der Waals surface area (Å²) < 4.78 is 83.2. The van der Waals surface area contributed by atoms with E-state index in [0.29, 0.717) is 5.56 Å². The fourth-order valence-corrected chi connectivity index (χ4v) is 2.61. The van der Waals surface area contributed by atoms with E-state index in [9.17, 15) is 22.0 Å². The van der Waals surface area contributed by atoms with Crippen molar-refractivity contribution in [3.8, 4) is 5.75 Å². The molecule has 27 heavy (non-hydrogen) atoms. The SMILES string of the molecule is NCc1cc(F)c(OCC2COC(c3cc(F)c(F)c(F)c3)OC2)c(F)c1. The topological polar surface area (TPSA) is 53.7 Å². The average Bonchev–Trinajstić information content (AvgIpc) is 2.65. The molecule has 0 saturated carbocycles. The number of halogens is 5. The molecule has 0 aliphatic carbocycles. The van der Waals surface area contributed by atoms with Gasteiger partial charge < -0.3 is 19.9 Å². The molecule has 0 atom stereocenters. The van der Waals surface area contributed by atoms with Gasteiger partial charge in [0.15, 0.2) is 41.1 Å². The van der Waals surface area contributed by atoms with Crippen LogP contribution in [0.15, 0.2) is 24.3 Å². The molecule has 0 bridgehead atoms. The summed E-state index contributed by atoms with van der Waals surface area (Å²) in [7, 11) is 0. The normalized spacial score (nSPS) is 19.9. The first-order valence-corrected chi connectivity index (χ1v) is 8.07. The van der Waals surface area contributed by atoms with Gasteiger partial charge in [-0.25, -0.2) is 22.0 Å². The Hall–Kier alpha value is -2.23. The molecule has 1 aliphatic rings. The standard InChI is InChI=1S/C18H16F5NO3/c19-12-3-11(4-13(20)16(12)23)18-26-7-10(8-27-18)6-25-17-14(21)1-9(5-24)2-15(17)22/h1-4,10,18H,5-8,24H2. The lowest BCUT2D eigenvalue weighted by Gasteiger charge is -2.29. The predicted molar refractivity (Wildman–Crippen MR) is 84.2 cm³/mol. The Labute approximate surface area is 151 Å². The molecule has 4 nitrogen and oxygen atoms in total. The van der Waals surface area contributed by atoms with E-state index in [1.165, 1.54) is 0 Å². The van der Waals surface area contributed by atoms with Crippen LogP contribution in [0.2, 0.25) is 0 Å². The number of benzene rings is 2. The van der Waals surface area contributed by atoms with Gasteiger partial charge in [0, 0.05) is 18.0 Å². The zero-order valence-corrected chi connectivity index (χ0v) is 14.0. The minimum atomic E-state index is -1.58. The van der Waals surface area contributed by atoms with Crippen LogP contribution >= 0.6 is 0 Å². The van der Waals surface area contributed by atoms with Gasteiger partial charge in [0.05, 0.1) is 19.8 Å². The third-order valence-electron chi connectivity index (χ3n) is 4.00. The second-order valence-corrected chi connectivity index (χ2v) is 6.07. The van der Waals surface area contributed by atoms with Crippen molar-refractivity contribution in [2.45, 2.75) is 12.8 Å². The molecule has 1 aliphatic heterocycles. The highest BCUT2D eigenvalue weighted by molar-refractivity contribution is 5.31. The molecule has 3 rings (SSSR count). The quantitative estimate of drug-likeness (QED) is 0.628. The van der Waals surface area contributed by atoms with Gasteiger partial charge in [-0.1, -0.05) is 0 Å². The first kappa shape index (κ1) is 19.5. The van der Waals surface area contributed by atoms with Crippen molar-refractivity contribution in [2.75, 3.05) is 19.8 Å². The minimum Gasteiger partial charge on any atom is -0.487 e. The van der Waals surface area contributed by atoms with Crippen LogP contribution in [0.25, 0.3) is 0 Å². The Morgan fingerprint density at radius 1 is 0.889 bits per heavy atom. The van der Waals surface area contributed by atoms with Gasteiger partial charge in [-0.2, -0.15) is 0 Å². The van der Waals surface area contributed by atoms with E-state index in [1.807, 2.05) is 0 Å². The van der Waals surface area contributed by atoms with Crippen LogP contribution in [-0.2, 0) is 16.0 Å². The predicted octanol–water partition coefficient (Wildman–Crippen LogP) is 3.58. The largest absolute Gasteiger partial charge is 0.487 e. The van der Waals surface area contributed by atoms with Crippen molar-refractivity contribution in [1.29, 1.82) is 0 Å². The van der Waals surface area contributed by atoms with E-state index in [2.05, 4.69) is 0 Å². The molecule has 0 spiro atoms. The van der Waals surface area contributed by atoms with E-state index in [-0.39, 0.29) is 37.8 Å². The maximum Gasteiger partial charge on any atom is 0.194 e. The summed E-state index contributed by atoms with van der Waals surface area (Å²) in [5.41, 5.74) is 5.62. The fraction of sp³-hybridized carbons (Fsp3) is 0.333. The van der Waals surface area contributed by atoms with Crippen molar-refractivity contribution in [3.05, 3.63) is 64.5 Å². The highest BCUT2D eigenvalue weighted by Crippen LogP contribution is 2.29. The summed E-state index contributed by atoms with van der Waals surface area (Å²) in [6.07, 6.45) is -1.08. The Balaban J connectivity index is 1.58. The number of hydrogen-bond donors (Lipinski definition) is 1. The van der Waals surface area contributed by atoms with Gasteiger partial charge in [-0.15, -0.1) is 0 Å². The second kappa shape index (κ2) is 8.20. The van der Waals surface area contributed by atoms with Gasteiger partial charge in [0.25, 0.3) is 0 Å². The molecule has 146 valence electrons. The Morgan fingerprint density at radius 3 is 1.96 bits per heavy atom. The van der Waals surface area contributed by atoms with Crippen LogP contribution in [0.5, 0.6) is 5.75 Å². The minimum absolute atomic E-state index is 0.00954. The molecular weight excluding hydrogens is 373 g/mol. The molecule has 1 heterocycles. The summed E-state index contributed by atoms with van der Waals surface area (Å²) >= 11 is 0. The van der Waals surface area contributed by atoms with Crippen LogP contribution in [-0.4, -0.2) is 19.8 Å². The van der Waals surface area contributed by atoms with Crippen molar-refractivity contribution in [3.63, 3.8) is 0 Å². The summed E-state index contributed by atoms with van der Waals surface area (Å²) in [5.74, 6) is -6.93. The van der Waals surface area contributed by atoms with Crippen LogP contribution in [0.1, 0.15) is 17.4 Å². The van der Waals surface area contributed by atoms with Crippen molar-refractivity contribution >= 4 is 0 Å². The van der Waals surface area contributed by atoms with Gasteiger partial charge in [-0.05, 0) is 29.8 Å². The number of nitrogens with two attached hydrogens (primary N) is 1. The fourth-order valence-electron chi connectivity index (χ4n) is 2.61. The van der Waals surface area contributed by atoms with E-state index >= 15 is 0 Å². The van der Waals surface area contributed by atoms with Crippen LogP contribution < -0.4 is 10.5 Å². The number of ether oxygens (including phenoxy) is 3. The van der Waals surface area contributed by atoms with Gasteiger partial charge in [-0.3, -0.25) is 0 Å². The third-order valence-corrected chi connectivity index (χ3v) is 4.00. The molecule has 1 fully saturated rings.